The Morgan fingerprint density at radius 1 is 1.33 bits per heavy atom. The van der Waals surface area contributed by atoms with E-state index in [-0.39, 0.29) is 5.41 Å². The first kappa shape index (κ1) is 16.4. The first-order chi connectivity index (χ1) is 11.8. The Kier molecular flexibility index (Phi) is 4.81. The van der Waals surface area contributed by atoms with Crippen molar-refractivity contribution in [2.24, 2.45) is 4.99 Å². The Morgan fingerprint density at radius 2 is 2.21 bits per heavy atom. The first-order valence-electron chi connectivity index (χ1n) is 9.46. The molecule has 4 nitrogen and oxygen atoms in total. The molecule has 1 aromatic heterocycles. The smallest absolute Gasteiger partial charge is 0.191 e. The molecular formula is C19H29N3OS. The summed E-state index contributed by atoms with van der Waals surface area (Å²) in [5.41, 5.74) is 0.287. The molecule has 3 fully saturated rings. The van der Waals surface area contributed by atoms with Gasteiger partial charge in [0, 0.05) is 23.9 Å². The zero-order valence-corrected chi connectivity index (χ0v) is 15.4. The minimum Gasteiger partial charge on any atom is -0.373 e. The van der Waals surface area contributed by atoms with Crippen LogP contribution in [0.4, 0.5) is 0 Å². The second-order valence-electron chi connectivity index (χ2n) is 7.60. The SMILES string of the molecule is CN=C(NCC1(c2cccs2)CCCCC1)NC1CC2CCC1O2. The van der Waals surface area contributed by atoms with Gasteiger partial charge in [-0.15, -0.1) is 11.3 Å². The second-order valence-corrected chi connectivity index (χ2v) is 8.55. The number of rotatable bonds is 4. The van der Waals surface area contributed by atoms with Gasteiger partial charge in [0.2, 0.25) is 0 Å². The summed E-state index contributed by atoms with van der Waals surface area (Å²) in [5.74, 6) is 0.942. The molecule has 1 saturated carbocycles. The number of nitrogens with one attached hydrogen (secondary N) is 2. The highest BCUT2D eigenvalue weighted by molar-refractivity contribution is 7.10. The molecule has 24 heavy (non-hydrogen) atoms. The number of hydrogen-bond acceptors (Lipinski definition) is 3. The van der Waals surface area contributed by atoms with E-state index in [4.69, 9.17) is 4.74 Å². The third-order valence-electron chi connectivity index (χ3n) is 6.10. The zero-order chi connectivity index (χ0) is 16.4. The van der Waals surface area contributed by atoms with E-state index >= 15 is 0 Å². The molecule has 132 valence electrons. The summed E-state index contributed by atoms with van der Waals surface area (Å²) in [6, 6.07) is 4.94. The number of hydrogen-bond donors (Lipinski definition) is 2. The molecule has 2 saturated heterocycles. The van der Waals surface area contributed by atoms with Crippen LogP contribution in [0.2, 0.25) is 0 Å². The summed E-state index contributed by atoms with van der Waals surface area (Å²) in [6.45, 7) is 0.981. The van der Waals surface area contributed by atoms with Gasteiger partial charge in [-0.05, 0) is 43.6 Å². The Balaban J connectivity index is 1.39. The van der Waals surface area contributed by atoms with E-state index in [9.17, 15) is 0 Å². The van der Waals surface area contributed by atoms with Crippen LogP contribution in [0.25, 0.3) is 0 Å². The fourth-order valence-corrected chi connectivity index (χ4v) is 5.72. The average Bonchev–Trinajstić information content (AvgIpc) is 3.37. The molecule has 0 spiro atoms. The van der Waals surface area contributed by atoms with Crippen LogP contribution in [0.1, 0.15) is 56.2 Å². The maximum absolute atomic E-state index is 5.96. The van der Waals surface area contributed by atoms with E-state index in [2.05, 4.69) is 33.1 Å². The van der Waals surface area contributed by atoms with Crippen LogP contribution in [0.5, 0.6) is 0 Å². The van der Waals surface area contributed by atoms with Gasteiger partial charge in [-0.3, -0.25) is 4.99 Å². The third-order valence-corrected chi connectivity index (χ3v) is 7.22. The van der Waals surface area contributed by atoms with Gasteiger partial charge < -0.3 is 15.4 Å². The lowest BCUT2D eigenvalue weighted by Crippen LogP contribution is -2.51. The van der Waals surface area contributed by atoms with Crippen LogP contribution in [-0.2, 0) is 10.2 Å². The largest absolute Gasteiger partial charge is 0.373 e. The molecule has 0 amide bonds. The minimum absolute atomic E-state index is 0.287. The highest BCUT2D eigenvalue weighted by Gasteiger charge is 2.41. The molecule has 1 aromatic rings. The second kappa shape index (κ2) is 7.04. The summed E-state index contributed by atoms with van der Waals surface area (Å²) in [6.07, 6.45) is 11.0. The van der Waals surface area contributed by atoms with Gasteiger partial charge in [-0.2, -0.15) is 0 Å². The lowest BCUT2D eigenvalue weighted by molar-refractivity contribution is 0.0992. The molecule has 3 unspecified atom stereocenters. The summed E-state index contributed by atoms with van der Waals surface area (Å²) in [7, 11) is 1.88. The van der Waals surface area contributed by atoms with E-state index in [0.29, 0.717) is 18.2 Å². The Labute approximate surface area is 149 Å². The fraction of sp³-hybridized carbons (Fsp3) is 0.737. The number of aliphatic imine (C=N–C) groups is 1. The summed E-state index contributed by atoms with van der Waals surface area (Å²) >= 11 is 1.91. The third kappa shape index (κ3) is 3.21. The van der Waals surface area contributed by atoms with Gasteiger partial charge in [0.1, 0.15) is 0 Å². The lowest BCUT2D eigenvalue weighted by Gasteiger charge is -2.37. The zero-order valence-electron chi connectivity index (χ0n) is 14.6. The predicted molar refractivity (Wildman–Crippen MR) is 99.9 cm³/mol. The lowest BCUT2D eigenvalue weighted by atomic mass is 9.73. The Hall–Kier alpha value is -1.07. The molecule has 3 aliphatic rings. The Morgan fingerprint density at radius 3 is 2.83 bits per heavy atom. The van der Waals surface area contributed by atoms with Crippen molar-refractivity contribution in [3.63, 3.8) is 0 Å². The van der Waals surface area contributed by atoms with Crippen molar-refractivity contribution in [1.82, 2.24) is 10.6 Å². The molecule has 5 heteroatoms. The summed E-state index contributed by atoms with van der Waals surface area (Å²) < 4.78 is 5.96. The van der Waals surface area contributed by atoms with Crippen molar-refractivity contribution in [2.75, 3.05) is 13.6 Å². The van der Waals surface area contributed by atoms with Crippen molar-refractivity contribution < 1.29 is 4.74 Å². The standard InChI is InChI=1S/C19H29N3OS/c1-20-18(22-15-12-14-7-8-16(15)23-14)21-13-19(9-3-2-4-10-19)17-6-5-11-24-17/h5-6,11,14-16H,2-4,7-10,12-13H2,1H3,(H2,20,21,22). The number of fused-ring (bicyclic) bond motifs is 2. The number of thiophene rings is 1. The molecule has 4 rings (SSSR count). The van der Waals surface area contributed by atoms with E-state index < -0.39 is 0 Å². The van der Waals surface area contributed by atoms with Crippen LogP contribution in [0.3, 0.4) is 0 Å². The van der Waals surface area contributed by atoms with Gasteiger partial charge in [0.25, 0.3) is 0 Å². The van der Waals surface area contributed by atoms with Crippen LogP contribution in [0, 0.1) is 0 Å². The summed E-state index contributed by atoms with van der Waals surface area (Å²) in [4.78, 5) is 6.01. The Bertz CT molecular complexity index is 565. The van der Waals surface area contributed by atoms with E-state index in [1.54, 1.807) is 0 Å². The van der Waals surface area contributed by atoms with Crippen LogP contribution >= 0.6 is 11.3 Å². The maximum Gasteiger partial charge on any atom is 0.191 e. The van der Waals surface area contributed by atoms with Gasteiger partial charge >= 0.3 is 0 Å². The quantitative estimate of drug-likeness (QED) is 0.648. The first-order valence-corrected chi connectivity index (χ1v) is 10.3. The van der Waals surface area contributed by atoms with Crippen molar-refractivity contribution >= 4 is 17.3 Å². The molecule has 0 radical (unpaired) electrons. The van der Waals surface area contributed by atoms with Crippen LogP contribution < -0.4 is 10.6 Å². The molecule has 2 N–H and O–H groups in total. The number of guanidine groups is 1. The van der Waals surface area contributed by atoms with Gasteiger partial charge in [-0.25, -0.2) is 0 Å². The average molecular weight is 348 g/mol. The highest BCUT2D eigenvalue weighted by atomic mass is 32.1. The molecule has 0 aromatic carbocycles. The fourth-order valence-electron chi connectivity index (χ4n) is 4.73. The van der Waals surface area contributed by atoms with Gasteiger partial charge in [-0.1, -0.05) is 25.3 Å². The van der Waals surface area contributed by atoms with Gasteiger partial charge in [0.05, 0.1) is 18.2 Å². The molecular weight excluding hydrogens is 318 g/mol. The van der Waals surface area contributed by atoms with Gasteiger partial charge in [0.15, 0.2) is 5.96 Å². The predicted octanol–water partition coefficient (Wildman–Crippen LogP) is 3.43. The van der Waals surface area contributed by atoms with E-state index in [1.165, 1.54) is 49.8 Å². The molecule has 2 aliphatic heterocycles. The number of nitrogens with zero attached hydrogens (tertiary/aromatic N) is 1. The topological polar surface area (TPSA) is 45.7 Å². The normalized spacial score (nSPS) is 32.0. The van der Waals surface area contributed by atoms with Crippen molar-refractivity contribution in [2.45, 2.75) is 75.0 Å². The molecule has 3 atom stereocenters. The number of ether oxygens (including phenoxy) is 1. The minimum atomic E-state index is 0.287. The monoisotopic (exact) mass is 347 g/mol. The van der Waals surface area contributed by atoms with Crippen LogP contribution in [0.15, 0.2) is 22.5 Å². The molecule has 1 aliphatic carbocycles. The molecule has 2 bridgehead atoms. The van der Waals surface area contributed by atoms with Crippen molar-refractivity contribution in [3.8, 4) is 0 Å². The maximum atomic E-state index is 5.96. The summed E-state index contributed by atoms with van der Waals surface area (Å²) in [5, 5.41) is 9.47. The highest BCUT2D eigenvalue weighted by Crippen LogP contribution is 2.41. The van der Waals surface area contributed by atoms with Crippen molar-refractivity contribution in [3.05, 3.63) is 22.4 Å². The van der Waals surface area contributed by atoms with E-state index in [0.717, 1.165) is 18.9 Å². The molecule has 3 heterocycles. The van der Waals surface area contributed by atoms with E-state index in [1.807, 2.05) is 18.4 Å². The van der Waals surface area contributed by atoms with Crippen molar-refractivity contribution in [1.29, 1.82) is 0 Å². The van der Waals surface area contributed by atoms with Crippen LogP contribution in [-0.4, -0.2) is 37.8 Å².